The standard InChI is InChI=1S/C17H24F3N3O/c1-11-9-22(10-12(2)23(11)8-7-21(3)4)17(24)13-5-6-14(18)16(20)15(13)19/h5-6,11-12H,7-10H2,1-4H3. The minimum atomic E-state index is -1.61. The maximum absolute atomic E-state index is 13.9. The molecule has 1 aromatic carbocycles. The predicted octanol–water partition coefficient (Wildman–Crippen LogP) is 2.20. The molecule has 0 radical (unpaired) electrons. The van der Waals surface area contributed by atoms with Crippen LogP contribution in [0.2, 0.25) is 0 Å². The molecule has 0 aliphatic carbocycles. The lowest BCUT2D eigenvalue weighted by Gasteiger charge is -2.44. The largest absolute Gasteiger partial charge is 0.335 e. The summed E-state index contributed by atoms with van der Waals surface area (Å²) in [6.07, 6.45) is 0. The van der Waals surface area contributed by atoms with Gasteiger partial charge in [0.15, 0.2) is 17.5 Å². The number of likely N-dealkylation sites (N-methyl/N-ethyl adjacent to an activating group) is 1. The number of rotatable bonds is 4. The van der Waals surface area contributed by atoms with E-state index in [1.54, 1.807) is 0 Å². The lowest BCUT2D eigenvalue weighted by molar-refractivity contribution is 0.0279. The van der Waals surface area contributed by atoms with Gasteiger partial charge in [-0.25, -0.2) is 13.2 Å². The van der Waals surface area contributed by atoms with Crippen molar-refractivity contribution in [2.75, 3.05) is 40.3 Å². The average molecular weight is 343 g/mol. The van der Waals surface area contributed by atoms with E-state index in [4.69, 9.17) is 0 Å². The van der Waals surface area contributed by atoms with Crippen LogP contribution in [0.3, 0.4) is 0 Å². The minimum absolute atomic E-state index is 0.103. The molecule has 134 valence electrons. The first-order chi connectivity index (χ1) is 11.2. The summed E-state index contributed by atoms with van der Waals surface area (Å²) in [7, 11) is 4.00. The van der Waals surface area contributed by atoms with Crippen molar-refractivity contribution >= 4 is 5.91 Å². The van der Waals surface area contributed by atoms with Gasteiger partial charge in [-0.3, -0.25) is 9.69 Å². The molecule has 0 spiro atoms. The van der Waals surface area contributed by atoms with Crippen molar-refractivity contribution in [2.24, 2.45) is 0 Å². The van der Waals surface area contributed by atoms with Crippen LogP contribution in [0.5, 0.6) is 0 Å². The zero-order valence-corrected chi connectivity index (χ0v) is 14.5. The van der Waals surface area contributed by atoms with Crippen molar-refractivity contribution in [3.05, 3.63) is 35.1 Å². The molecule has 24 heavy (non-hydrogen) atoms. The molecule has 1 aliphatic rings. The molecule has 0 saturated carbocycles. The normalized spacial score (nSPS) is 22.2. The van der Waals surface area contributed by atoms with Crippen LogP contribution < -0.4 is 0 Å². The Morgan fingerprint density at radius 1 is 1.12 bits per heavy atom. The highest BCUT2D eigenvalue weighted by atomic mass is 19.2. The smallest absolute Gasteiger partial charge is 0.257 e. The highest BCUT2D eigenvalue weighted by Gasteiger charge is 2.33. The Bertz CT molecular complexity index is 597. The SMILES string of the molecule is CC1CN(C(=O)c2ccc(F)c(F)c2F)CC(C)N1CCN(C)C. The molecule has 1 aromatic rings. The molecule has 1 aliphatic heterocycles. The summed E-state index contributed by atoms with van der Waals surface area (Å²) >= 11 is 0. The number of benzene rings is 1. The zero-order chi connectivity index (χ0) is 18.0. The maximum atomic E-state index is 13.9. The second kappa shape index (κ2) is 7.53. The fraction of sp³-hybridized carbons (Fsp3) is 0.588. The highest BCUT2D eigenvalue weighted by molar-refractivity contribution is 5.94. The van der Waals surface area contributed by atoms with E-state index in [-0.39, 0.29) is 12.1 Å². The van der Waals surface area contributed by atoms with E-state index < -0.39 is 28.9 Å². The Morgan fingerprint density at radius 3 is 2.25 bits per heavy atom. The number of carbonyl (C=O) groups excluding carboxylic acids is 1. The molecule has 0 N–H and O–H groups in total. The third-order valence-electron chi connectivity index (χ3n) is 4.46. The van der Waals surface area contributed by atoms with E-state index in [9.17, 15) is 18.0 Å². The van der Waals surface area contributed by atoms with Gasteiger partial charge in [0.1, 0.15) is 0 Å². The monoisotopic (exact) mass is 343 g/mol. The summed E-state index contributed by atoms with van der Waals surface area (Å²) in [5.41, 5.74) is -0.421. The summed E-state index contributed by atoms with van der Waals surface area (Å²) in [5.74, 6) is -4.92. The van der Waals surface area contributed by atoms with Crippen LogP contribution in [0, 0.1) is 17.5 Å². The summed E-state index contributed by atoms with van der Waals surface area (Å²) in [6.45, 7) is 6.64. The van der Waals surface area contributed by atoms with Crippen molar-refractivity contribution in [3.8, 4) is 0 Å². The molecule has 1 heterocycles. The van der Waals surface area contributed by atoms with Gasteiger partial charge in [0.2, 0.25) is 0 Å². The van der Waals surface area contributed by atoms with E-state index >= 15 is 0 Å². The van der Waals surface area contributed by atoms with Crippen LogP contribution in [-0.4, -0.2) is 73.0 Å². The van der Waals surface area contributed by atoms with Gasteiger partial charge in [-0.15, -0.1) is 0 Å². The zero-order valence-electron chi connectivity index (χ0n) is 14.5. The molecular formula is C17H24F3N3O. The molecule has 0 bridgehead atoms. The molecule has 1 amide bonds. The Labute approximate surface area is 140 Å². The van der Waals surface area contributed by atoms with Crippen molar-refractivity contribution < 1.29 is 18.0 Å². The van der Waals surface area contributed by atoms with Gasteiger partial charge in [0.05, 0.1) is 5.56 Å². The van der Waals surface area contributed by atoms with Crippen LogP contribution >= 0.6 is 0 Å². The van der Waals surface area contributed by atoms with Crippen LogP contribution in [0.4, 0.5) is 13.2 Å². The lowest BCUT2D eigenvalue weighted by atomic mass is 10.1. The molecule has 7 heteroatoms. The molecule has 0 aromatic heterocycles. The van der Waals surface area contributed by atoms with Crippen molar-refractivity contribution in [1.82, 2.24) is 14.7 Å². The first kappa shape index (κ1) is 18.7. The van der Waals surface area contributed by atoms with Crippen LogP contribution in [0.25, 0.3) is 0 Å². The van der Waals surface area contributed by atoms with Gasteiger partial charge < -0.3 is 9.80 Å². The second-order valence-corrected chi connectivity index (χ2v) is 6.67. The third kappa shape index (κ3) is 3.89. The Hall–Kier alpha value is -1.60. The van der Waals surface area contributed by atoms with E-state index in [1.807, 2.05) is 27.9 Å². The summed E-state index contributed by atoms with van der Waals surface area (Å²) in [4.78, 5) is 18.4. The highest BCUT2D eigenvalue weighted by Crippen LogP contribution is 2.21. The Kier molecular flexibility index (Phi) is 5.87. The quantitative estimate of drug-likeness (QED) is 0.784. The molecule has 2 unspecified atom stereocenters. The van der Waals surface area contributed by atoms with Crippen LogP contribution in [-0.2, 0) is 0 Å². The first-order valence-electron chi connectivity index (χ1n) is 8.05. The van der Waals surface area contributed by atoms with Crippen molar-refractivity contribution in [3.63, 3.8) is 0 Å². The fourth-order valence-electron chi connectivity index (χ4n) is 3.14. The third-order valence-corrected chi connectivity index (χ3v) is 4.46. The number of hydrogen-bond acceptors (Lipinski definition) is 3. The van der Waals surface area contributed by atoms with Gasteiger partial charge in [0.25, 0.3) is 5.91 Å². The molecule has 1 saturated heterocycles. The number of hydrogen-bond donors (Lipinski definition) is 0. The summed E-state index contributed by atoms with van der Waals surface area (Å²) in [5, 5.41) is 0. The van der Waals surface area contributed by atoms with E-state index in [2.05, 4.69) is 9.80 Å². The van der Waals surface area contributed by atoms with E-state index in [0.29, 0.717) is 13.1 Å². The molecule has 1 fully saturated rings. The molecule has 4 nitrogen and oxygen atoms in total. The van der Waals surface area contributed by atoms with Gasteiger partial charge >= 0.3 is 0 Å². The molecular weight excluding hydrogens is 319 g/mol. The van der Waals surface area contributed by atoms with Gasteiger partial charge in [-0.1, -0.05) is 0 Å². The Morgan fingerprint density at radius 2 is 1.71 bits per heavy atom. The van der Waals surface area contributed by atoms with E-state index in [1.165, 1.54) is 4.90 Å². The minimum Gasteiger partial charge on any atom is -0.335 e. The maximum Gasteiger partial charge on any atom is 0.257 e. The number of amides is 1. The van der Waals surface area contributed by atoms with Crippen LogP contribution in [0.15, 0.2) is 12.1 Å². The second-order valence-electron chi connectivity index (χ2n) is 6.67. The Balaban J connectivity index is 2.12. The summed E-state index contributed by atoms with van der Waals surface area (Å²) < 4.78 is 40.3. The summed E-state index contributed by atoms with van der Waals surface area (Å²) in [6, 6.07) is 1.99. The van der Waals surface area contributed by atoms with Crippen molar-refractivity contribution in [1.29, 1.82) is 0 Å². The average Bonchev–Trinajstić information content (AvgIpc) is 2.51. The molecule has 2 atom stereocenters. The first-order valence-corrected chi connectivity index (χ1v) is 8.05. The number of nitrogens with zero attached hydrogens (tertiary/aromatic N) is 3. The van der Waals surface area contributed by atoms with Gasteiger partial charge in [-0.05, 0) is 40.1 Å². The number of piperazine rings is 1. The van der Waals surface area contributed by atoms with Gasteiger partial charge in [0, 0.05) is 38.3 Å². The van der Waals surface area contributed by atoms with Gasteiger partial charge in [-0.2, -0.15) is 0 Å². The van der Waals surface area contributed by atoms with Crippen molar-refractivity contribution in [2.45, 2.75) is 25.9 Å². The predicted molar refractivity (Wildman–Crippen MR) is 86.4 cm³/mol. The molecule has 2 rings (SSSR count). The van der Waals surface area contributed by atoms with Crippen LogP contribution in [0.1, 0.15) is 24.2 Å². The fourth-order valence-corrected chi connectivity index (χ4v) is 3.14. The topological polar surface area (TPSA) is 26.8 Å². The number of carbonyl (C=O) groups is 1. The lowest BCUT2D eigenvalue weighted by Crippen LogP contribution is -2.59. The number of halogens is 3. The van der Waals surface area contributed by atoms with E-state index in [0.717, 1.165) is 25.2 Å².